The van der Waals surface area contributed by atoms with E-state index in [1.165, 1.54) is 46.2 Å². The van der Waals surface area contributed by atoms with E-state index in [0.717, 1.165) is 12.6 Å². The molecule has 3 aromatic rings. The monoisotopic (exact) mass is 421 g/mol. The quantitative estimate of drug-likeness (QED) is 0.596. The molecule has 1 fully saturated rings. The van der Waals surface area contributed by atoms with Gasteiger partial charge in [0.15, 0.2) is 0 Å². The zero-order chi connectivity index (χ0) is 21.1. The number of rotatable bonds is 4. The Bertz CT molecular complexity index is 1080. The number of hydrogen-bond donors (Lipinski definition) is 2. The molecular weight excluding hydrogens is 398 g/mol. The van der Waals surface area contributed by atoms with Gasteiger partial charge >= 0.3 is 11.9 Å². The van der Waals surface area contributed by atoms with Crippen molar-refractivity contribution < 1.29 is 19.8 Å². The Morgan fingerprint density at radius 3 is 2.43 bits per heavy atom. The normalized spacial score (nSPS) is 18.6. The minimum atomic E-state index is -1.26. The summed E-state index contributed by atoms with van der Waals surface area (Å²) in [6.07, 6.45) is 3.89. The lowest BCUT2D eigenvalue weighted by Crippen LogP contribution is -2.35. The third kappa shape index (κ3) is 4.78. The van der Waals surface area contributed by atoms with Crippen LogP contribution < -0.4 is 0 Å². The molecule has 1 aromatic heterocycles. The van der Waals surface area contributed by atoms with E-state index in [2.05, 4.69) is 58.8 Å². The van der Waals surface area contributed by atoms with Gasteiger partial charge in [-0.1, -0.05) is 30.3 Å². The number of thiophene rings is 1. The fraction of sp³-hybridized carbons (Fsp3) is 0.250. The van der Waals surface area contributed by atoms with Crippen molar-refractivity contribution in [3.05, 3.63) is 82.8 Å². The van der Waals surface area contributed by atoms with Crippen molar-refractivity contribution in [1.82, 2.24) is 4.90 Å². The van der Waals surface area contributed by atoms with Crippen molar-refractivity contribution in [2.24, 2.45) is 0 Å². The van der Waals surface area contributed by atoms with Crippen LogP contribution in [0.5, 0.6) is 0 Å². The number of carbonyl (C=O) groups is 2. The van der Waals surface area contributed by atoms with Crippen LogP contribution in [0.1, 0.15) is 35.4 Å². The lowest BCUT2D eigenvalue weighted by molar-refractivity contribution is -0.134. The molecule has 0 amide bonds. The van der Waals surface area contributed by atoms with Crippen molar-refractivity contribution in [1.29, 1.82) is 0 Å². The Hall–Kier alpha value is -2.96. The number of fused-ring (bicyclic) bond motifs is 2. The average Bonchev–Trinajstić information content (AvgIpc) is 3.49. The van der Waals surface area contributed by atoms with Gasteiger partial charge in [0.1, 0.15) is 0 Å². The van der Waals surface area contributed by atoms with Gasteiger partial charge in [0.2, 0.25) is 0 Å². The van der Waals surface area contributed by atoms with Crippen LogP contribution in [0.3, 0.4) is 0 Å². The molecule has 154 valence electrons. The third-order valence-corrected chi connectivity index (χ3v) is 6.43. The van der Waals surface area contributed by atoms with Gasteiger partial charge in [-0.3, -0.25) is 4.90 Å². The molecule has 0 bridgehead atoms. The fourth-order valence-electron chi connectivity index (χ4n) is 3.98. The predicted octanol–water partition coefficient (Wildman–Crippen LogP) is 4.72. The molecule has 1 atom stereocenters. The molecule has 2 heterocycles. The Morgan fingerprint density at radius 2 is 1.73 bits per heavy atom. The summed E-state index contributed by atoms with van der Waals surface area (Å²) in [6.45, 7) is 2.31. The largest absolute Gasteiger partial charge is 0.478 e. The van der Waals surface area contributed by atoms with Crippen molar-refractivity contribution in [2.45, 2.75) is 31.3 Å². The molecule has 5 nitrogen and oxygen atoms in total. The third-order valence-electron chi connectivity index (χ3n) is 5.53. The van der Waals surface area contributed by atoms with E-state index in [0.29, 0.717) is 18.1 Å². The molecule has 5 rings (SSSR count). The second-order valence-electron chi connectivity index (χ2n) is 7.64. The van der Waals surface area contributed by atoms with Crippen LogP contribution in [0.2, 0.25) is 0 Å². The molecule has 1 saturated carbocycles. The maximum atomic E-state index is 9.55. The van der Waals surface area contributed by atoms with E-state index in [1.54, 1.807) is 0 Å². The van der Waals surface area contributed by atoms with E-state index in [9.17, 15) is 9.59 Å². The minimum absolute atomic E-state index is 0.523. The number of hydrogen-bond acceptors (Lipinski definition) is 4. The number of carboxylic acids is 2. The second-order valence-corrected chi connectivity index (χ2v) is 8.59. The Kier molecular flexibility index (Phi) is 5.97. The molecule has 1 aliphatic heterocycles. The zero-order valence-corrected chi connectivity index (χ0v) is 17.2. The van der Waals surface area contributed by atoms with E-state index >= 15 is 0 Å². The first-order chi connectivity index (χ1) is 14.5. The second kappa shape index (κ2) is 8.81. The molecule has 30 heavy (non-hydrogen) atoms. The van der Waals surface area contributed by atoms with E-state index in [1.807, 2.05) is 11.3 Å². The highest BCUT2D eigenvalue weighted by Gasteiger charge is 2.35. The number of carboxylic acid groups (broad SMARTS) is 2. The van der Waals surface area contributed by atoms with Gasteiger partial charge in [0.25, 0.3) is 0 Å². The van der Waals surface area contributed by atoms with Crippen LogP contribution in [-0.2, 0) is 16.1 Å². The maximum Gasteiger partial charge on any atom is 0.328 e. The minimum Gasteiger partial charge on any atom is -0.478 e. The van der Waals surface area contributed by atoms with Crippen molar-refractivity contribution >= 4 is 33.4 Å². The number of nitrogens with zero attached hydrogens (tertiary/aromatic N) is 1. The molecular formula is C24H23NO4S. The van der Waals surface area contributed by atoms with Crippen molar-refractivity contribution in [3.63, 3.8) is 0 Å². The molecule has 0 radical (unpaired) electrons. The van der Waals surface area contributed by atoms with Crippen LogP contribution in [0.25, 0.3) is 10.1 Å². The predicted molar refractivity (Wildman–Crippen MR) is 118 cm³/mol. The molecule has 0 saturated heterocycles. The van der Waals surface area contributed by atoms with Gasteiger partial charge in [-0.05, 0) is 58.5 Å². The lowest BCUT2D eigenvalue weighted by Gasteiger charge is -2.35. The van der Waals surface area contributed by atoms with Crippen LogP contribution in [0.4, 0.5) is 0 Å². The van der Waals surface area contributed by atoms with Gasteiger partial charge in [-0.2, -0.15) is 0 Å². The molecule has 2 aliphatic rings. The molecule has 0 spiro atoms. The summed E-state index contributed by atoms with van der Waals surface area (Å²) in [5.41, 5.74) is 4.54. The van der Waals surface area contributed by atoms with E-state index < -0.39 is 11.9 Å². The highest BCUT2D eigenvalue weighted by molar-refractivity contribution is 7.17. The summed E-state index contributed by atoms with van der Waals surface area (Å²) in [5.74, 6) is -1.99. The van der Waals surface area contributed by atoms with Crippen LogP contribution in [0, 0.1) is 0 Å². The van der Waals surface area contributed by atoms with Gasteiger partial charge < -0.3 is 10.2 Å². The Morgan fingerprint density at radius 1 is 1.00 bits per heavy atom. The summed E-state index contributed by atoms with van der Waals surface area (Å²) < 4.78 is 1.40. The molecule has 1 aliphatic carbocycles. The van der Waals surface area contributed by atoms with E-state index in [-0.39, 0.29) is 0 Å². The van der Waals surface area contributed by atoms with Gasteiger partial charge in [-0.25, -0.2) is 9.59 Å². The molecule has 1 unspecified atom stereocenters. The van der Waals surface area contributed by atoms with Crippen LogP contribution in [0.15, 0.2) is 66.1 Å². The van der Waals surface area contributed by atoms with Gasteiger partial charge in [-0.15, -0.1) is 11.3 Å². The van der Waals surface area contributed by atoms with E-state index in [4.69, 9.17) is 10.2 Å². The Balaban J connectivity index is 0.000000235. The van der Waals surface area contributed by atoms with Gasteiger partial charge in [0, 0.05) is 41.9 Å². The molecule has 2 aromatic carbocycles. The Labute approximate surface area is 178 Å². The highest BCUT2D eigenvalue weighted by Crippen LogP contribution is 2.39. The first kappa shape index (κ1) is 20.3. The first-order valence-electron chi connectivity index (χ1n) is 9.94. The molecule has 2 N–H and O–H groups in total. The average molecular weight is 422 g/mol. The number of benzene rings is 2. The SMILES string of the molecule is O=C(O)/C=C/C(=O)O.c1ccc2c(c1)CN(C1CC1)CC2c1ccc2sccc2c1. The lowest BCUT2D eigenvalue weighted by atomic mass is 9.84. The maximum absolute atomic E-state index is 9.55. The van der Waals surface area contributed by atoms with Crippen LogP contribution in [-0.4, -0.2) is 39.6 Å². The fourth-order valence-corrected chi connectivity index (χ4v) is 4.75. The summed E-state index contributed by atoms with van der Waals surface area (Å²) >= 11 is 1.83. The summed E-state index contributed by atoms with van der Waals surface area (Å²) in [6, 6.07) is 19.2. The van der Waals surface area contributed by atoms with Gasteiger partial charge in [0.05, 0.1) is 0 Å². The van der Waals surface area contributed by atoms with Crippen LogP contribution >= 0.6 is 11.3 Å². The smallest absolute Gasteiger partial charge is 0.328 e. The standard InChI is InChI=1S/C20H19NS.C4H4O4/c1-2-4-18-16(3-1)12-21(17-6-7-17)13-19(18)14-5-8-20-15(11-14)9-10-22-20;5-3(6)1-2-4(7)8/h1-5,8-11,17,19H,6-7,12-13H2;1-2H,(H,5,6)(H,7,8)/b;2-1+. The van der Waals surface area contributed by atoms with Crippen molar-refractivity contribution in [2.75, 3.05) is 6.54 Å². The number of aliphatic carboxylic acids is 2. The summed E-state index contributed by atoms with van der Waals surface area (Å²) in [4.78, 5) is 21.8. The summed E-state index contributed by atoms with van der Waals surface area (Å²) in [7, 11) is 0. The summed E-state index contributed by atoms with van der Waals surface area (Å²) in [5, 5.41) is 19.2. The topological polar surface area (TPSA) is 77.8 Å². The van der Waals surface area contributed by atoms with Crippen molar-refractivity contribution in [3.8, 4) is 0 Å². The highest BCUT2D eigenvalue weighted by atomic mass is 32.1. The zero-order valence-electron chi connectivity index (χ0n) is 16.4. The first-order valence-corrected chi connectivity index (χ1v) is 10.8. The molecule has 6 heteroatoms.